The molecule has 0 spiro atoms. The highest BCUT2D eigenvalue weighted by molar-refractivity contribution is 9.11. The lowest BCUT2D eigenvalue weighted by molar-refractivity contribution is -0.123. The summed E-state index contributed by atoms with van der Waals surface area (Å²) in [6.45, 7) is 1.62. The second-order valence-electron chi connectivity index (χ2n) is 7.95. The maximum Gasteiger partial charge on any atom is 0.229 e. The molecule has 0 saturated heterocycles. The van der Waals surface area contributed by atoms with Gasteiger partial charge in [-0.1, -0.05) is 31.9 Å². The van der Waals surface area contributed by atoms with Crippen LogP contribution in [0.15, 0.2) is 21.1 Å². The van der Waals surface area contributed by atoms with Crippen molar-refractivity contribution < 1.29 is 4.79 Å². The number of hydrogen-bond donors (Lipinski definition) is 1. The lowest BCUT2D eigenvalue weighted by Gasteiger charge is -2.46. The molecule has 4 aliphatic rings. The van der Waals surface area contributed by atoms with E-state index < -0.39 is 0 Å². The highest BCUT2D eigenvalue weighted by Crippen LogP contribution is 2.50. The Bertz CT molecular complexity index is 654. The molecule has 1 heterocycles. The van der Waals surface area contributed by atoms with Crippen molar-refractivity contribution in [3.63, 3.8) is 0 Å². The molecule has 1 atom stereocenters. The lowest BCUT2D eigenvalue weighted by Crippen LogP contribution is -2.45. The number of benzene rings is 1. The monoisotopic (exact) mass is 454 g/mol. The average Bonchev–Trinajstić information content (AvgIpc) is 2.92. The molecule has 1 unspecified atom stereocenters. The summed E-state index contributed by atoms with van der Waals surface area (Å²) in [6.07, 6.45) is 8.00. The zero-order chi connectivity index (χ0) is 16.9. The van der Waals surface area contributed by atoms with E-state index in [0.717, 1.165) is 39.2 Å². The first-order valence-corrected chi connectivity index (χ1v) is 10.5. The average molecular weight is 456 g/mol. The SMILES string of the molecule is CN1CC(C(=O)NCC23CCC(CC2)CC3)c2c(Br)cc(Br)cc21. The number of nitrogens with zero attached hydrogens (tertiary/aromatic N) is 1. The van der Waals surface area contributed by atoms with Gasteiger partial charge in [-0.2, -0.15) is 0 Å². The Morgan fingerprint density at radius 2 is 1.92 bits per heavy atom. The van der Waals surface area contributed by atoms with Gasteiger partial charge in [0, 0.05) is 40.3 Å². The Labute approximate surface area is 160 Å². The van der Waals surface area contributed by atoms with Crippen LogP contribution in [0.25, 0.3) is 0 Å². The summed E-state index contributed by atoms with van der Waals surface area (Å²) in [5.74, 6) is 1.07. The summed E-state index contributed by atoms with van der Waals surface area (Å²) >= 11 is 7.20. The van der Waals surface area contributed by atoms with Crippen LogP contribution in [-0.2, 0) is 4.79 Å². The highest BCUT2D eigenvalue weighted by Gasteiger charge is 2.41. The molecule has 3 fully saturated rings. The lowest BCUT2D eigenvalue weighted by atomic mass is 9.61. The van der Waals surface area contributed by atoms with Crippen molar-refractivity contribution in [2.24, 2.45) is 11.3 Å². The molecule has 3 aliphatic carbocycles. The van der Waals surface area contributed by atoms with E-state index in [1.54, 1.807) is 0 Å². The molecule has 1 amide bonds. The molecular formula is C19H24Br2N2O. The first kappa shape index (κ1) is 16.9. The maximum atomic E-state index is 12.9. The van der Waals surface area contributed by atoms with Gasteiger partial charge in [0.15, 0.2) is 0 Å². The third-order valence-corrected chi connectivity index (χ3v) is 7.61. The van der Waals surface area contributed by atoms with Gasteiger partial charge in [-0.15, -0.1) is 0 Å². The number of carbonyl (C=O) groups excluding carboxylic acids is 1. The Kier molecular flexibility index (Phi) is 4.44. The van der Waals surface area contributed by atoms with E-state index in [9.17, 15) is 4.79 Å². The smallest absolute Gasteiger partial charge is 0.229 e. The van der Waals surface area contributed by atoms with Gasteiger partial charge in [0.2, 0.25) is 5.91 Å². The van der Waals surface area contributed by atoms with Crippen molar-refractivity contribution in [3.8, 4) is 0 Å². The van der Waals surface area contributed by atoms with Crippen molar-refractivity contribution in [2.45, 2.75) is 44.4 Å². The third-order valence-electron chi connectivity index (χ3n) is 6.49. The Morgan fingerprint density at radius 1 is 1.25 bits per heavy atom. The summed E-state index contributed by atoms with van der Waals surface area (Å²) in [5, 5.41) is 3.32. The summed E-state index contributed by atoms with van der Waals surface area (Å²) in [4.78, 5) is 15.1. The fourth-order valence-electron chi connectivity index (χ4n) is 4.91. The molecule has 130 valence electrons. The van der Waals surface area contributed by atoms with Crippen molar-refractivity contribution >= 4 is 43.5 Å². The van der Waals surface area contributed by atoms with E-state index in [0.29, 0.717) is 5.41 Å². The molecule has 1 aromatic carbocycles. The van der Waals surface area contributed by atoms with Crippen LogP contribution in [-0.4, -0.2) is 26.0 Å². The number of halogens is 2. The van der Waals surface area contributed by atoms with Crippen LogP contribution in [0.2, 0.25) is 0 Å². The fourth-order valence-corrected chi connectivity index (χ4v) is 6.39. The number of amides is 1. The summed E-state index contributed by atoms with van der Waals surface area (Å²) < 4.78 is 2.06. The molecule has 2 bridgehead atoms. The van der Waals surface area contributed by atoms with Gasteiger partial charge < -0.3 is 10.2 Å². The van der Waals surface area contributed by atoms with Gasteiger partial charge in [0.05, 0.1) is 5.92 Å². The standard InChI is InChI=1S/C19H24Br2N2O/c1-23-10-14(17-15(21)8-13(20)9-16(17)23)18(24)22-11-19-5-2-12(3-6-19)4-7-19/h8-9,12,14H,2-7,10-11H2,1H3,(H,22,24). The van der Waals surface area contributed by atoms with Crippen molar-refractivity contribution in [2.75, 3.05) is 25.0 Å². The Hall–Kier alpha value is -0.550. The normalized spacial score (nSPS) is 31.2. The van der Waals surface area contributed by atoms with E-state index in [-0.39, 0.29) is 11.8 Å². The van der Waals surface area contributed by atoms with Gasteiger partial charge in [-0.05, 0) is 62.0 Å². The Morgan fingerprint density at radius 3 is 2.58 bits per heavy atom. The predicted octanol–water partition coefficient (Wildman–Crippen LogP) is 4.83. The second kappa shape index (κ2) is 6.31. The molecule has 5 rings (SSSR count). The molecule has 0 aromatic heterocycles. The number of rotatable bonds is 3. The Balaban J connectivity index is 1.48. The van der Waals surface area contributed by atoms with Crippen molar-refractivity contribution in [1.82, 2.24) is 5.32 Å². The largest absolute Gasteiger partial charge is 0.373 e. The molecule has 24 heavy (non-hydrogen) atoms. The minimum Gasteiger partial charge on any atom is -0.373 e. The van der Waals surface area contributed by atoms with E-state index in [1.807, 2.05) is 6.07 Å². The summed E-state index contributed by atoms with van der Waals surface area (Å²) in [5.41, 5.74) is 2.66. The summed E-state index contributed by atoms with van der Waals surface area (Å²) in [6, 6.07) is 4.15. The fraction of sp³-hybridized carbons (Fsp3) is 0.632. The maximum absolute atomic E-state index is 12.9. The molecule has 1 aromatic rings. The van der Waals surface area contributed by atoms with Crippen LogP contribution in [0.1, 0.15) is 50.0 Å². The first-order chi connectivity index (χ1) is 11.5. The second-order valence-corrected chi connectivity index (χ2v) is 9.72. The van der Waals surface area contributed by atoms with Crippen LogP contribution >= 0.6 is 31.9 Å². The first-order valence-electron chi connectivity index (χ1n) is 8.95. The van der Waals surface area contributed by atoms with E-state index in [2.05, 4.69) is 55.2 Å². The predicted molar refractivity (Wildman–Crippen MR) is 104 cm³/mol. The van der Waals surface area contributed by atoms with Crippen LogP contribution in [0.5, 0.6) is 0 Å². The van der Waals surface area contributed by atoms with Gasteiger partial charge in [0.1, 0.15) is 0 Å². The van der Waals surface area contributed by atoms with E-state index in [1.165, 1.54) is 38.5 Å². The van der Waals surface area contributed by atoms with Gasteiger partial charge in [-0.25, -0.2) is 0 Å². The van der Waals surface area contributed by atoms with Crippen LogP contribution < -0.4 is 10.2 Å². The van der Waals surface area contributed by atoms with Crippen molar-refractivity contribution in [3.05, 3.63) is 26.6 Å². The van der Waals surface area contributed by atoms with Gasteiger partial charge >= 0.3 is 0 Å². The number of hydrogen-bond acceptors (Lipinski definition) is 2. The number of fused-ring (bicyclic) bond motifs is 4. The van der Waals surface area contributed by atoms with Crippen LogP contribution in [0, 0.1) is 11.3 Å². The minimum atomic E-state index is -0.0798. The number of carbonyl (C=O) groups is 1. The van der Waals surface area contributed by atoms with E-state index in [4.69, 9.17) is 0 Å². The molecular weight excluding hydrogens is 432 g/mol. The third kappa shape index (κ3) is 2.92. The van der Waals surface area contributed by atoms with Gasteiger partial charge in [0.25, 0.3) is 0 Å². The molecule has 0 radical (unpaired) electrons. The van der Waals surface area contributed by atoms with Crippen molar-refractivity contribution in [1.29, 1.82) is 0 Å². The van der Waals surface area contributed by atoms with E-state index >= 15 is 0 Å². The molecule has 5 heteroatoms. The highest BCUT2D eigenvalue weighted by atomic mass is 79.9. The zero-order valence-electron chi connectivity index (χ0n) is 14.1. The van der Waals surface area contributed by atoms with Crippen LogP contribution in [0.3, 0.4) is 0 Å². The molecule has 1 aliphatic heterocycles. The number of likely N-dealkylation sites (N-methyl/N-ethyl adjacent to an activating group) is 1. The quantitative estimate of drug-likeness (QED) is 0.707. The zero-order valence-corrected chi connectivity index (χ0v) is 17.2. The molecule has 3 nitrogen and oxygen atoms in total. The number of nitrogens with one attached hydrogen (secondary N) is 1. The summed E-state index contributed by atoms with van der Waals surface area (Å²) in [7, 11) is 2.06. The topological polar surface area (TPSA) is 32.3 Å². The minimum absolute atomic E-state index is 0.0798. The molecule has 1 N–H and O–H groups in total. The van der Waals surface area contributed by atoms with Gasteiger partial charge in [-0.3, -0.25) is 4.79 Å². The number of anilines is 1. The molecule has 3 saturated carbocycles. The van der Waals surface area contributed by atoms with Crippen LogP contribution in [0.4, 0.5) is 5.69 Å².